The summed E-state index contributed by atoms with van der Waals surface area (Å²) in [5.74, 6) is -0.467. The molecule has 94 valence electrons. The first-order valence-electron chi connectivity index (χ1n) is 4.96. The maximum absolute atomic E-state index is 10.5. The molecule has 3 N–H and O–H groups in total. The van der Waals surface area contributed by atoms with Crippen molar-refractivity contribution in [3.63, 3.8) is 0 Å². The predicted octanol–water partition coefficient (Wildman–Crippen LogP) is 2.87. The quantitative estimate of drug-likeness (QED) is 0.868. The molecule has 1 atom stereocenters. The van der Waals surface area contributed by atoms with Gasteiger partial charge >= 0.3 is 5.97 Å². The van der Waals surface area contributed by atoms with Crippen molar-refractivity contribution in [2.45, 2.75) is 18.9 Å². The van der Waals surface area contributed by atoms with Gasteiger partial charge in [0.2, 0.25) is 0 Å². The average Bonchev–Trinajstić information content (AvgIpc) is 2.28. The molecule has 0 spiro atoms. The lowest BCUT2D eigenvalue weighted by Crippen LogP contribution is -2.13. The van der Waals surface area contributed by atoms with Crippen LogP contribution in [0.2, 0.25) is 10.0 Å². The van der Waals surface area contributed by atoms with Gasteiger partial charge in [0, 0.05) is 23.6 Å². The van der Waals surface area contributed by atoms with Crippen LogP contribution >= 0.6 is 23.2 Å². The zero-order chi connectivity index (χ0) is 13.0. The number of nitrogens with two attached hydrogens (primary N) is 1. The Morgan fingerprint density at radius 3 is 2.71 bits per heavy atom. The van der Waals surface area contributed by atoms with Crippen LogP contribution in [0.3, 0.4) is 0 Å². The molecule has 1 unspecified atom stereocenters. The van der Waals surface area contributed by atoms with Crippen LogP contribution in [0.1, 0.15) is 24.4 Å². The smallest absolute Gasteiger partial charge is 0.303 e. The lowest BCUT2D eigenvalue weighted by Gasteiger charge is -2.15. The second kappa shape index (κ2) is 6.10. The molecule has 1 aromatic carbocycles. The minimum Gasteiger partial charge on any atom is -0.495 e. The summed E-state index contributed by atoms with van der Waals surface area (Å²) in [7, 11) is 1.48. The van der Waals surface area contributed by atoms with Crippen LogP contribution < -0.4 is 10.5 Å². The Morgan fingerprint density at radius 2 is 2.18 bits per heavy atom. The van der Waals surface area contributed by atoms with Crippen molar-refractivity contribution in [2.24, 2.45) is 5.73 Å². The highest BCUT2D eigenvalue weighted by atomic mass is 35.5. The lowest BCUT2D eigenvalue weighted by molar-refractivity contribution is -0.137. The van der Waals surface area contributed by atoms with Crippen LogP contribution in [0.15, 0.2) is 12.1 Å². The number of halogens is 2. The third-order valence-electron chi connectivity index (χ3n) is 2.32. The van der Waals surface area contributed by atoms with E-state index in [2.05, 4.69) is 0 Å². The molecule has 0 saturated carbocycles. The van der Waals surface area contributed by atoms with Gasteiger partial charge in [-0.25, -0.2) is 0 Å². The normalized spacial score (nSPS) is 12.2. The number of ether oxygens (including phenoxy) is 1. The zero-order valence-corrected chi connectivity index (χ0v) is 10.8. The second-order valence-corrected chi connectivity index (χ2v) is 4.36. The molecule has 0 bridgehead atoms. The molecule has 0 amide bonds. The number of aliphatic carboxylic acids is 1. The Balaban J connectivity index is 2.96. The van der Waals surface area contributed by atoms with Gasteiger partial charge in [-0.1, -0.05) is 23.2 Å². The van der Waals surface area contributed by atoms with Crippen molar-refractivity contribution in [2.75, 3.05) is 7.11 Å². The largest absolute Gasteiger partial charge is 0.495 e. The number of hydrogen-bond acceptors (Lipinski definition) is 3. The Morgan fingerprint density at radius 1 is 1.53 bits per heavy atom. The first-order chi connectivity index (χ1) is 7.95. The molecular weight excluding hydrogens is 265 g/mol. The topological polar surface area (TPSA) is 72.5 Å². The first-order valence-corrected chi connectivity index (χ1v) is 5.71. The zero-order valence-electron chi connectivity index (χ0n) is 9.24. The average molecular weight is 278 g/mol. The number of carboxylic acids is 1. The van der Waals surface area contributed by atoms with E-state index in [-0.39, 0.29) is 6.42 Å². The van der Waals surface area contributed by atoms with Crippen LogP contribution in [0, 0.1) is 0 Å². The maximum atomic E-state index is 10.5. The maximum Gasteiger partial charge on any atom is 0.303 e. The van der Waals surface area contributed by atoms with Gasteiger partial charge in [-0.3, -0.25) is 4.79 Å². The van der Waals surface area contributed by atoms with E-state index in [1.807, 2.05) is 0 Å². The Hall–Kier alpha value is -0.970. The molecule has 1 rings (SSSR count). The minimum absolute atomic E-state index is 0.0215. The van der Waals surface area contributed by atoms with Crippen molar-refractivity contribution in [3.05, 3.63) is 27.7 Å². The summed E-state index contributed by atoms with van der Waals surface area (Å²) >= 11 is 12.0. The predicted molar refractivity (Wildman–Crippen MR) is 66.8 cm³/mol. The minimum atomic E-state index is -0.898. The van der Waals surface area contributed by atoms with E-state index in [1.54, 1.807) is 12.1 Å². The molecule has 0 aliphatic rings. The molecular formula is C11H13Cl2NO3. The van der Waals surface area contributed by atoms with E-state index in [4.69, 9.17) is 38.8 Å². The fraction of sp³-hybridized carbons (Fsp3) is 0.364. The summed E-state index contributed by atoms with van der Waals surface area (Å²) in [6.45, 7) is 0. The summed E-state index contributed by atoms with van der Waals surface area (Å²) in [6.07, 6.45) is 0.269. The molecule has 0 heterocycles. The Kier molecular flexibility index (Phi) is 5.05. The van der Waals surface area contributed by atoms with Gasteiger partial charge in [-0.05, 0) is 18.1 Å². The van der Waals surface area contributed by atoms with Gasteiger partial charge < -0.3 is 15.6 Å². The van der Waals surface area contributed by atoms with Crippen LogP contribution in [0.25, 0.3) is 0 Å². The third-order valence-corrected chi connectivity index (χ3v) is 2.94. The summed E-state index contributed by atoms with van der Waals surface area (Å²) in [5.41, 5.74) is 6.47. The highest BCUT2D eigenvalue weighted by molar-refractivity contribution is 6.35. The molecule has 6 heteroatoms. The molecule has 17 heavy (non-hydrogen) atoms. The third kappa shape index (κ3) is 3.77. The summed E-state index contributed by atoms with van der Waals surface area (Å²) < 4.78 is 5.05. The molecule has 1 aromatic rings. The fourth-order valence-corrected chi connectivity index (χ4v) is 1.98. The van der Waals surface area contributed by atoms with Crippen molar-refractivity contribution in [1.82, 2.24) is 0 Å². The monoisotopic (exact) mass is 277 g/mol. The highest BCUT2D eigenvalue weighted by Gasteiger charge is 2.16. The van der Waals surface area contributed by atoms with Crippen molar-refractivity contribution < 1.29 is 14.6 Å². The Bertz CT molecular complexity index is 423. The number of hydrogen-bond donors (Lipinski definition) is 2. The summed E-state index contributed by atoms with van der Waals surface area (Å²) in [6, 6.07) is 2.72. The number of carboxylic acid groups (broad SMARTS) is 1. The number of methoxy groups -OCH3 is 1. The van der Waals surface area contributed by atoms with E-state index in [0.717, 1.165) is 0 Å². The van der Waals surface area contributed by atoms with E-state index in [1.165, 1.54) is 7.11 Å². The van der Waals surface area contributed by atoms with Crippen molar-refractivity contribution in [3.8, 4) is 5.75 Å². The van der Waals surface area contributed by atoms with Gasteiger partial charge in [-0.2, -0.15) is 0 Å². The van der Waals surface area contributed by atoms with Gasteiger partial charge in [0.05, 0.1) is 12.1 Å². The molecule has 0 fully saturated rings. The standard InChI is InChI=1S/C11H13Cl2NO3/c1-17-9-5-6(12)4-7(11(9)13)8(14)2-3-10(15)16/h4-5,8H,2-3,14H2,1H3,(H,15,16). The first kappa shape index (κ1) is 14.1. The van der Waals surface area contributed by atoms with Crippen LogP contribution in [-0.2, 0) is 4.79 Å². The van der Waals surface area contributed by atoms with Gasteiger partial charge in [0.15, 0.2) is 0 Å². The number of carbonyl (C=O) groups is 1. The Labute approximate surface area is 109 Å². The molecule has 0 aliphatic carbocycles. The number of rotatable bonds is 5. The molecule has 0 radical (unpaired) electrons. The second-order valence-electron chi connectivity index (χ2n) is 3.55. The van der Waals surface area contributed by atoms with E-state index in [0.29, 0.717) is 27.8 Å². The molecule has 0 saturated heterocycles. The lowest BCUT2D eigenvalue weighted by atomic mass is 10.0. The van der Waals surface area contributed by atoms with Gasteiger partial charge in [0.1, 0.15) is 5.75 Å². The van der Waals surface area contributed by atoms with E-state index in [9.17, 15) is 4.79 Å². The summed E-state index contributed by atoms with van der Waals surface area (Å²) in [4.78, 5) is 10.5. The fourth-order valence-electron chi connectivity index (χ4n) is 1.44. The van der Waals surface area contributed by atoms with Crippen LogP contribution in [-0.4, -0.2) is 18.2 Å². The highest BCUT2D eigenvalue weighted by Crippen LogP contribution is 2.35. The van der Waals surface area contributed by atoms with Gasteiger partial charge in [-0.15, -0.1) is 0 Å². The SMILES string of the molecule is COc1cc(Cl)cc(C(N)CCC(=O)O)c1Cl. The summed E-state index contributed by atoms with van der Waals surface area (Å²) in [5, 5.41) is 9.42. The molecule has 4 nitrogen and oxygen atoms in total. The van der Waals surface area contributed by atoms with E-state index >= 15 is 0 Å². The van der Waals surface area contributed by atoms with Gasteiger partial charge in [0.25, 0.3) is 0 Å². The van der Waals surface area contributed by atoms with Crippen LogP contribution in [0.5, 0.6) is 5.75 Å². The van der Waals surface area contributed by atoms with Crippen LogP contribution in [0.4, 0.5) is 0 Å². The number of benzene rings is 1. The molecule has 0 aromatic heterocycles. The van der Waals surface area contributed by atoms with Crippen molar-refractivity contribution >= 4 is 29.2 Å². The van der Waals surface area contributed by atoms with E-state index < -0.39 is 12.0 Å². The van der Waals surface area contributed by atoms with Crippen molar-refractivity contribution in [1.29, 1.82) is 0 Å². The molecule has 0 aliphatic heterocycles.